The van der Waals surface area contributed by atoms with Crippen molar-refractivity contribution in [3.05, 3.63) is 23.0 Å². The van der Waals surface area contributed by atoms with E-state index in [1.165, 1.54) is 0 Å². The Morgan fingerprint density at radius 3 is 2.67 bits per heavy atom. The van der Waals surface area contributed by atoms with E-state index in [9.17, 15) is 17.6 Å². The van der Waals surface area contributed by atoms with Gasteiger partial charge in [0.15, 0.2) is 11.6 Å². The molecule has 1 rings (SSSR count). The van der Waals surface area contributed by atoms with Gasteiger partial charge in [-0.05, 0) is 23.4 Å². The highest BCUT2D eigenvalue weighted by molar-refractivity contribution is 7.99. The van der Waals surface area contributed by atoms with Gasteiger partial charge in [-0.1, -0.05) is 11.6 Å². The van der Waals surface area contributed by atoms with Crippen molar-refractivity contribution in [3.63, 3.8) is 0 Å². The van der Waals surface area contributed by atoms with E-state index in [1.54, 1.807) is 0 Å². The molecule has 0 N–H and O–H groups in total. The van der Waals surface area contributed by atoms with Crippen molar-refractivity contribution < 1.29 is 22.4 Å². The Hall–Kier alpha value is -0.820. The Bertz CT molecular complexity index is 488. The molecule has 0 unspecified atom stereocenters. The molecule has 1 aromatic rings. The first kappa shape index (κ1) is 15.2. The molecule has 0 saturated carbocycles. The molecule has 0 aliphatic rings. The van der Waals surface area contributed by atoms with E-state index in [-0.39, 0.29) is 15.7 Å². The molecule has 0 aromatic heterocycles. The van der Waals surface area contributed by atoms with E-state index in [1.807, 2.05) is 5.16 Å². The van der Waals surface area contributed by atoms with Crippen molar-refractivity contribution in [3.8, 4) is 5.75 Å². The maximum atomic E-state index is 13.3. The molecule has 0 atom stereocenters. The smallest absolute Gasteiger partial charge is 0.345 e. The predicted octanol–water partition coefficient (Wildman–Crippen LogP) is 4.53. The second-order valence-electron chi connectivity index (χ2n) is 2.89. The van der Waals surface area contributed by atoms with Crippen molar-refractivity contribution in [1.82, 2.24) is 0 Å². The molecule has 18 heavy (non-hydrogen) atoms. The Balaban J connectivity index is 2.94. The lowest BCUT2D eigenvalue weighted by molar-refractivity contribution is -0.105. The van der Waals surface area contributed by atoms with Gasteiger partial charge in [0, 0.05) is 11.0 Å². The van der Waals surface area contributed by atoms with Crippen LogP contribution in [0.1, 0.15) is 0 Å². The molecule has 0 bridgehead atoms. The summed E-state index contributed by atoms with van der Waals surface area (Å²) in [6, 6.07) is 1.86. The number of nitrogens with zero attached hydrogens (tertiary/aromatic N) is 1. The third-order valence-corrected chi connectivity index (χ3v) is 3.18. The molecule has 9 heteroatoms. The lowest BCUT2D eigenvalue weighted by Crippen LogP contribution is -2.10. The molecule has 98 valence electrons. The maximum absolute atomic E-state index is 13.3. The highest BCUT2D eigenvalue weighted by Gasteiger charge is 2.28. The summed E-state index contributed by atoms with van der Waals surface area (Å²) in [5.74, 6) is -2.37. The highest BCUT2D eigenvalue weighted by atomic mass is 35.5. The van der Waals surface area contributed by atoms with Crippen molar-refractivity contribution in [2.75, 3.05) is 5.75 Å². The fourth-order valence-corrected chi connectivity index (χ4v) is 1.98. The Kier molecular flexibility index (Phi) is 5.40. The minimum atomic E-state index is -4.35. The molecular formula is C9H4ClF4NOS2. The van der Waals surface area contributed by atoms with Crippen LogP contribution in [-0.2, 0) is 0 Å². The van der Waals surface area contributed by atoms with E-state index in [0.717, 1.165) is 12.1 Å². The van der Waals surface area contributed by atoms with Crippen molar-refractivity contribution in [2.24, 2.45) is 5.16 Å². The van der Waals surface area contributed by atoms with E-state index < -0.39 is 17.7 Å². The van der Waals surface area contributed by atoms with Gasteiger partial charge >= 0.3 is 6.18 Å². The number of hydrogen-bond acceptors (Lipinski definition) is 4. The number of rotatable bonds is 4. The summed E-state index contributed by atoms with van der Waals surface area (Å²) in [5.41, 5.74) is 0. The van der Waals surface area contributed by atoms with Crippen molar-refractivity contribution in [1.29, 1.82) is 0 Å². The van der Waals surface area contributed by atoms with Crippen LogP contribution in [-0.4, -0.2) is 17.1 Å². The Labute approximate surface area is 114 Å². The van der Waals surface area contributed by atoms with Crippen molar-refractivity contribution >= 4 is 40.7 Å². The normalized spacial score (nSPS) is 10.9. The summed E-state index contributed by atoms with van der Waals surface area (Å²) >= 11 is 10.2. The molecular weight excluding hydrogens is 314 g/mol. The van der Waals surface area contributed by atoms with E-state index in [2.05, 4.69) is 22.2 Å². The molecule has 0 amide bonds. The third kappa shape index (κ3) is 4.81. The number of halogens is 5. The summed E-state index contributed by atoms with van der Waals surface area (Å²) in [7, 11) is 0. The number of thiocarbonyl (C=S) groups is 1. The van der Waals surface area contributed by atoms with Gasteiger partial charge in [-0.15, -0.1) is 11.8 Å². The van der Waals surface area contributed by atoms with Gasteiger partial charge < -0.3 is 4.84 Å². The topological polar surface area (TPSA) is 21.6 Å². The fourth-order valence-electron chi connectivity index (χ4n) is 0.918. The summed E-state index contributed by atoms with van der Waals surface area (Å²) in [5, 5.41) is 4.73. The van der Waals surface area contributed by atoms with Gasteiger partial charge in [0.25, 0.3) is 0 Å². The van der Waals surface area contributed by atoms with Crippen LogP contribution in [0.2, 0.25) is 5.02 Å². The monoisotopic (exact) mass is 317 g/mol. The first-order chi connectivity index (χ1) is 8.33. The number of hydrogen-bond donors (Lipinski definition) is 0. The minimum Gasteiger partial charge on any atom is -0.345 e. The van der Waals surface area contributed by atoms with Crippen LogP contribution >= 0.6 is 35.6 Å². The molecule has 0 aliphatic heterocycles. The van der Waals surface area contributed by atoms with Crippen LogP contribution in [0.5, 0.6) is 5.75 Å². The van der Waals surface area contributed by atoms with Crippen LogP contribution in [0.3, 0.4) is 0 Å². The largest absolute Gasteiger partial charge is 0.398 e. The SMILES string of the molecule is Fc1cc(Cl)c(SCC(F)(F)F)cc1ON=C=S. The van der Waals surface area contributed by atoms with Crippen LogP contribution in [0.15, 0.2) is 22.2 Å². The van der Waals surface area contributed by atoms with Crippen molar-refractivity contribution in [2.45, 2.75) is 11.1 Å². The molecule has 0 spiro atoms. The molecule has 0 fully saturated rings. The predicted molar refractivity (Wildman–Crippen MR) is 63.8 cm³/mol. The second-order valence-corrected chi connectivity index (χ2v) is 4.50. The van der Waals surface area contributed by atoms with Gasteiger partial charge in [-0.25, -0.2) is 4.39 Å². The summed E-state index contributed by atoms with van der Waals surface area (Å²) in [6.07, 6.45) is -4.35. The van der Waals surface area contributed by atoms with E-state index in [4.69, 9.17) is 11.6 Å². The number of benzene rings is 1. The molecule has 0 radical (unpaired) electrons. The zero-order valence-corrected chi connectivity index (χ0v) is 10.8. The van der Waals surface area contributed by atoms with Crippen LogP contribution in [0.4, 0.5) is 17.6 Å². The van der Waals surface area contributed by atoms with Gasteiger partial charge in [-0.3, -0.25) is 0 Å². The molecule has 1 aromatic carbocycles. The summed E-state index contributed by atoms with van der Waals surface area (Å²) in [4.78, 5) is 4.53. The lowest BCUT2D eigenvalue weighted by atomic mass is 10.3. The van der Waals surface area contributed by atoms with Gasteiger partial charge in [-0.2, -0.15) is 13.2 Å². The fraction of sp³-hybridized carbons (Fsp3) is 0.222. The lowest BCUT2D eigenvalue weighted by Gasteiger charge is -2.08. The quantitative estimate of drug-likeness (QED) is 0.268. The molecule has 2 nitrogen and oxygen atoms in total. The van der Waals surface area contributed by atoms with Crippen LogP contribution < -0.4 is 4.84 Å². The maximum Gasteiger partial charge on any atom is 0.398 e. The molecule has 0 aliphatic carbocycles. The van der Waals surface area contributed by atoms with Gasteiger partial charge in [0.05, 0.1) is 10.8 Å². The number of isothiocyanates is 1. The van der Waals surface area contributed by atoms with E-state index in [0.29, 0.717) is 11.8 Å². The zero-order chi connectivity index (χ0) is 13.8. The second kappa shape index (κ2) is 6.38. The standard InChI is InChI=1S/C9H4ClF4NOS2/c10-5-1-6(11)7(16-15-4-17)2-8(5)18-3-9(12,13)14/h1-2H,3H2. The zero-order valence-electron chi connectivity index (χ0n) is 8.42. The average molecular weight is 318 g/mol. The Morgan fingerprint density at radius 1 is 1.44 bits per heavy atom. The van der Waals surface area contributed by atoms with Crippen LogP contribution in [0, 0.1) is 5.82 Å². The van der Waals surface area contributed by atoms with Crippen LogP contribution in [0.25, 0.3) is 0 Å². The molecule has 0 heterocycles. The number of alkyl halides is 3. The molecule has 0 saturated heterocycles. The Morgan fingerprint density at radius 2 is 2.11 bits per heavy atom. The number of thioether (sulfide) groups is 1. The van der Waals surface area contributed by atoms with Gasteiger partial charge in [0.1, 0.15) is 5.16 Å². The van der Waals surface area contributed by atoms with E-state index >= 15 is 0 Å². The summed E-state index contributed by atoms with van der Waals surface area (Å²) < 4.78 is 49.4. The highest BCUT2D eigenvalue weighted by Crippen LogP contribution is 2.35. The third-order valence-electron chi connectivity index (χ3n) is 1.56. The average Bonchev–Trinajstić information content (AvgIpc) is 2.25. The minimum absolute atomic E-state index is 0.0324. The first-order valence-corrected chi connectivity index (χ1v) is 6.03. The van der Waals surface area contributed by atoms with Gasteiger partial charge in [0.2, 0.25) is 0 Å². The summed E-state index contributed by atoms with van der Waals surface area (Å²) in [6.45, 7) is 0. The first-order valence-electron chi connectivity index (χ1n) is 4.26.